The first-order valence-electron chi connectivity index (χ1n) is 9.09. The van der Waals surface area contributed by atoms with Gasteiger partial charge in [-0.1, -0.05) is 49.0 Å². The van der Waals surface area contributed by atoms with Gasteiger partial charge in [0.2, 0.25) is 5.89 Å². The van der Waals surface area contributed by atoms with Crippen molar-refractivity contribution in [1.82, 2.24) is 24.9 Å². The maximum absolute atomic E-state index is 5.87. The molecule has 3 aromatic rings. The third-order valence-corrected chi connectivity index (χ3v) is 5.08. The molecule has 0 aliphatic heterocycles. The van der Waals surface area contributed by atoms with Crippen LogP contribution in [0, 0.1) is 12.8 Å². The number of hydrogen-bond acceptors (Lipinski definition) is 7. The highest BCUT2D eigenvalue weighted by Gasteiger charge is 2.20. The van der Waals surface area contributed by atoms with Crippen LogP contribution in [0.25, 0.3) is 0 Å². The zero-order valence-electron chi connectivity index (χ0n) is 16.1. The van der Waals surface area contributed by atoms with Crippen LogP contribution in [-0.2, 0) is 13.2 Å². The summed E-state index contributed by atoms with van der Waals surface area (Å²) >= 11 is 1.57. The summed E-state index contributed by atoms with van der Waals surface area (Å²) in [7, 11) is 0. The van der Waals surface area contributed by atoms with Crippen LogP contribution in [0.3, 0.4) is 0 Å². The number of aromatic nitrogens is 5. The van der Waals surface area contributed by atoms with Gasteiger partial charge < -0.3 is 13.8 Å². The van der Waals surface area contributed by atoms with Gasteiger partial charge in [-0.15, -0.1) is 10.2 Å². The Morgan fingerprint density at radius 2 is 1.93 bits per heavy atom. The van der Waals surface area contributed by atoms with E-state index in [1.165, 1.54) is 0 Å². The monoisotopic (exact) mass is 387 g/mol. The summed E-state index contributed by atoms with van der Waals surface area (Å²) < 4.78 is 13.3. The predicted octanol–water partition coefficient (Wildman–Crippen LogP) is 4.45. The summed E-state index contributed by atoms with van der Waals surface area (Å²) in [5, 5.41) is 13.4. The van der Waals surface area contributed by atoms with Crippen LogP contribution in [0.4, 0.5) is 0 Å². The molecule has 3 rings (SSSR count). The van der Waals surface area contributed by atoms with Crippen molar-refractivity contribution in [3.8, 4) is 5.75 Å². The summed E-state index contributed by atoms with van der Waals surface area (Å²) in [6.45, 7) is 9.48. The van der Waals surface area contributed by atoms with Crippen LogP contribution >= 0.6 is 11.8 Å². The van der Waals surface area contributed by atoms with Crippen molar-refractivity contribution in [2.45, 2.75) is 57.7 Å². The van der Waals surface area contributed by atoms with Gasteiger partial charge in [-0.25, -0.2) is 0 Å². The number of para-hydroxylation sites is 1. The summed E-state index contributed by atoms with van der Waals surface area (Å²) in [6.07, 6.45) is 1.04. The Morgan fingerprint density at radius 3 is 2.59 bits per heavy atom. The molecule has 1 unspecified atom stereocenters. The number of nitrogens with zero attached hydrogens (tertiary/aromatic N) is 5. The molecule has 0 N–H and O–H groups in total. The van der Waals surface area contributed by atoms with E-state index < -0.39 is 0 Å². The molecule has 0 fully saturated rings. The van der Waals surface area contributed by atoms with Crippen LogP contribution < -0.4 is 4.74 Å². The first-order valence-corrected chi connectivity index (χ1v) is 9.97. The lowest BCUT2D eigenvalue weighted by molar-refractivity contribution is 0.285. The van der Waals surface area contributed by atoms with Crippen molar-refractivity contribution >= 4 is 11.8 Å². The van der Waals surface area contributed by atoms with Crippen LogP contribution in [0.15, 0.2) is 40.0 Å². The first kappa shape index (κ1) is 19.4. The fourth-order valence-electron chi connectivity index (χ4n) is 2.48. The molecule has 8 heteroatoms. The van der Waals surface area contributed by atoms with E-state index in [4.69, 9.17) is 9.26 Å². The number of benzene rings is 1. The minimum atomic E-state index is -0.00362. The normalized spacial score (nSPS) is 12.5. The lowest BCUT2D eigenvalue weighted by Crippen LogP contribution is -2.10. The van der Waals surface area contributed by atoms with Gasteiger partial charge in [0.25, 0.3) is 0 Å². The van der Waals surface area contributed by atoms with E-state index >= 15 is 0 Å². The second-order valence-corrected chi connectivity index (χ2v) is 8.08. The summed E-state index contributed by atoms with van der Waals surface area (Å²) in [4.78, 5) is 4.31. The van der Waals surface area contributed by atoms with Crippen LogP contribution in [-0.4, -0.2) is 24.9 Å². The van der Waals surface area contributed by atoms with Crippen molar-refractivity contribution in [2.75, 3.05) is 0 Å². The summed E-state index contributed by atoms with van der Waals surface area (Å²) in [6, 6.07) is 9.74. The summed E-state index contributed by atoms with van der Waals surface area (Å²) in [5.74, 6) is 3.45. The van der Waals surface area contributed by atoms with E-state index in [0.29, 0.717) is 24.2 Å². The third kappa shape index (κ3) is 5.32. The molecule has 2 heterocycles. The highest BCUT2D eigenvalue weighted by Crippen LogP contribution is 2.33. The van der Waals surface area contributed by atoms with Gasteiger partial charge >= 0.3 is 0 Å². The molecule has 144 valence electrons. The molecule has 0 radical (unpaired) electrons. The quantitative estimate of drug-likeness (QED) is 0.502. The van der Waals surface area contributed by atoms with E-state index in [0.717, 1.165) is 29.7 Å². The van der Waals surface area contributed by atoms with Crippen LogP contribution in [0.1, 0.15) is 50.0 Å². The Bertz CT molecular complexity index is 847. The zero-order chi connectivity index (χ0) is 19.2. The zero-order valence-corrected chi connectivity index (χ0v) is 16.9. The molecule has 1 atom stereocenters. The Hall–Kier alpha value is -2.35. The average Bonchev–Trinajstić information content (AvgIpc) is 3.25. The first-order chi connectivity index (χ1) is 13.0. The molecule has 27 heavy (non-hydrogen) atoms. The molecule has 0 saturated heterocycles. The fraction of sp³-hybridized carbons (Fsp3) is 0.474. The van der Waals surface area contributed by atoms with E-state index in [1.54, 1.807) is 11.8 Å². The fourth-order valence-corrected chi connectivity index (χ4v) is 3.40. The smallest absolute Gasteiger partial charge is 0.239 e. The van der Waals surface area contributed by atoms with Gasteiger partial charge in [-0.05, 0) is 38.3 Å². The van der Waals surface area contributed by atoms with E-state index in [1.807, 2.05) is 44.2 Å². The summed E-state index contributed by atoms with van der Waals surface area (Å²) in [5.41, 5.74) is 0. The molecule has 7 nitrogen and oxygen atoms in total. The lowest BCUT2D eigenvalue weighted by atomic mass is 10.1. The maximum atomic E-state index is 5.87. The van der Waals surface area contributed by atoms with Crippen molar-refractivity contribution in [1.29, 1.82) is 0 Å². The Morgan fingerprint density at radius 1 is 1.15 bits per heavy atom. The standard InChI is InChI=1S/C19H25N5O2S/c1-13(2)10-11-24-17(12-25-16-8-6-5-7-9-16)21-22-19(24)27-14(3)18-20-15(4)23-26-18/h5-9,13-14H,10-12H2,1-4H3. The molecule has 0 spiro atoms. The van der Waals surface area contributed by atoms with Gasteiger partial charge in [0.05, 0.1) is 5.25 Å². The lowest BCUT2D eigenvalue weighted by Gasteiger charge is -2.13. The molecular weight excluding hydrogens is 362 g/mol. The average molecular weight is 388 g/mol. The van der Waals surface area contributed by atoms with Gasteiger partial charge in [-0.3, -0.25) is 0 Å². The van der Waals surface area contributed by atoms with Crippen LogP contribution in [0.5, 0.6) is 5.75 Å². The van der Waals surface area contributed by atoms with Crippen molar-refractivity contribution < 1.29 is 9.26 Å². The van der Waals surface area contributed by atoms with E-state index in [9.17, 15) is 0 Å². The Labute approximate surface area is 163 Å². The molecule has 0 amide bonds. The van der Waals surface area contributed by atoms with E-state index in [-0.39, 0.29) is 5.25 Å². The second kappa shape index (κ2) is 9.03. The molecule has 0 saturated carbocycles. The highest BCUT2D eigenvalue weighted by atomic mass is 32.2. The maximum Gasteiger partial charge on any atom is 0.239 e. The van der Waals surface area contributed by atoms with Crippen molar-refractivity contribution in [3.63, 3.8) is 0 Å². The Balaban J connectivity index is 1.75. The molecule has 0 aliphatic carbocycles. The number of aryl methyl sites for hydroxylation is 1. The van der Waals surface area contributed by atoms with E-state index in [2.05, 4.69) is 38.8 Å². The minimum Gasteiger partial charge on any atom is -0.486 e. The van der Waals surface area contributed by atoms with Gasteiger partial charge in [-0.2, -0.15) is 4.98 Å². The molecular formula is C19H25N5O2S. The minimum absolute atomic E-state index is 0.00362. The molecule has 1 aromatic carbocycles. The Kier molecular flexibility index (Phi) is 6.49. The van der Waals surface area contributed by atoms with Crippen LogP contribution in [0.2, 0.25) is 0 Å². The predicted molar refractivity (Wildman–Crippen MR) is 104 cm³/mol. The molecule has 0 aliphatic rings. The number of rotatable bonds is 9. The van der Waals surface area contributed by atoms with Gasteiger partial charge in [0.15, 0.2) is 16.8 Å². The van der Waals surface area contributed by atoms with Gasteiger partial charge in [0, 0.05) is 6.54 Å². The number of hydrogen-bond donors (Lipinski definition) is 0. The molecule has 0 bridgehead atoms. The number of ether oxygens (including phenoxy) is 1. The topological polar surface area (TPSA) is 78.9 Å². The largest absolute Gasteiger partial charge is 0.486 e. The second-order valence-electron chi connectivity index (χ2n) is 6.77. The SMILES string of the molecule is Cc1noc(C(C)Sc2nnc(COc3ccccc3)n2CCC(C)C)n1. The third-order valence-electron chi connectivity index (χ3n) is 4.01. The molecule has 2 aromatic heterocycles. The van der Waals surface area contributed by atoms with Crippen molar-refractivity contribution in [3.05, 3.63) is 47.9 Å². The number of thioether (sulfide) groups is 1. The van der Waals surface area contributed by atoms with Gasteiger partial charge in [0.1, 0.15) is 12.4 Å². The van der Waals surface area contributed by atoms with Crippen molar-refractivity contribution in [2.24, 2.45) is 5.92 Å². The highest BCUT2D eigenvalue weighted by molar-refractivity contribution is 7.99.